The van der Waals surface area contributed by atoms with Gasteiger partial charge in [0.2, 0.25) is 0 Å². The van der Waals surface area contributed by atoms with E-state index >= 15 is 0 Å². The van der Waals surface area contributed by atoms with Crippen molar-refractivity contribution in [2.75, 3.05) is 0 Å². The number of hydrogen-bond acceptors (Lipinski definition) is 3. The number of rotatable bonds is 2. The molecule has 18 heavy (non-hydrogen) atoms. The molecule has 1 aromatic heterocycles. The number of nitrogens with zero attached hydrogens (tertiary/aromatic N) is 2. The normalized spacial score (nSPS) is 13.7. The molecule has 0 amide bonds. The Hall–Kier alpha value is -1.06. The van der Waals surface area contributed by atoms with Crippen LogP contribution >= 0.6 is 23.4 Å². The van der Waals surface area contributed by atoms with E-state index in [-0.39, 0.29) is 0 Å². The van der Waals surface area contributed by atoms with Gasteiger partial charge in [0.05, 0.1) is 5.69 Å². The summed E-state index contributed by atoms with van der Waals surface area (Å²) >= 11 is 8.05. The molecule has 3 rings (SSSR count). The lowest BCUT2D eigenvalue weighted by Gasteiger charge is -2.05. The lowest BCUT2D eigenvalue weighted by molar-refractivity contribution is 0.927. The van der Waals surface area contributed by atoms with Crippen molar-refractivity contribution in [3.8, 4) is 0 Å². The van der Waals surface area contributed by atoms with Gasteiger partial charge in [-0.25, -0.2) is 9.97 Å². The highest BCUT2D eigenvalue weighted by Crippen LogP contribution is 2.32. The maximum Gasteiger partial charge on any atom is 0.137 e. The minimum Gasteiger partial charge on any atom is -0.236 e. The maximum absolute atomic E-state index is 6.20. The fourth-order valence-electron chi connectivity index (χ4n) is 2.03. The summed E-state index contributed by atoms with van der Waals surface area (Å²) in [4.78, 5) is 9.02. The quantitative estimate of drug-likeness (QED) is 0.781. The van der Waals surface area contributed by atoms with Gasteiger partial charge in [-0.3, -0.25) is 0 Å². The highest BCUT2D eigenvalue weighted by Gasteiger charge is 2.18. The fourth-order valence-corrected chi connectivity index (χ4v) is 3.42. The Morgan fingerprint density at radius 3 is 2.72 bits per heavy atom. The molecule has 0 radical (unpaired) electrons. The van der Waals surface area contributed by atoms with Crippen LogP contribution in [0.5, 0.6) is 0 Å². The standard InChI is InChI=1S/C14H13ClN2S/c1-9-2-4-10(5-3-9)6-13-16-12-8-18-7-11(12)14(15)17-13/h2-5H,6-8H2,1H3. The van der Waals surface area contributed by atoms with E-state index in [1.807, 2.05) is 11.8 Å². The lowest BCUT2D eigenvalue weighted by atomic mass is 10.1. The lowest BCUT2D eigenvalue weighted by Crippen LogP contribution is -2.02. The summed E-state index contributed by atoms with van der Waals surface area (Å²) in [7, 11) is 0. The van der Waals surface area contributed by atoms with Crippen LogP contribution in [0.3, 0.4) is 0 Å². The third-order valence-electron chi connectivity index (χ3n) is 3.06. The van der Waals surface area contributed by atoms with Crippen molar-refractivity contribution in [3.05, 3.63) is 57.6 Å². The molecule has 4 heteroatoms. The highest BCUT2D eigenvalue weighted by atomic mass is 35.5. The van der Waals surface area contributed by atoms with Crippen LogP contribution in [-0.4, -0.2) is 9.97 Å². The highest BCUT2D eigenvalue weighted by molar-refractivity contribution is 7.98. The van der Waals surface area contributed by atoms with Crippen LogP contribution in [0.1, 0.15) is 28.2 Å². The monoisotopic (exact) mass is 276 g/mol. The smallest absolute Gasteiger partial charge is 0.137 e. The van der Waals surface area contributed by atoms with Gasteiger partial charge in [-0.2, -0.15) is 11.8 Å². The Labute approximate surface area is 116 Å². The van der Waals surface area contributed by atoms with Crippen molar-refractivity contribution >= 4 is 23.4 Å². The van der Waals surface area contributed by atoms with Crippen LogP contribution in [-0.2, 0) is 17.9 Å². The summed E-state index contributed by atoms with van der Waals surface area (Å²) in [5, 5.41) is 0.632. The predicted molar refractivity (Wildman–Crippen MR) is 76.0 cm³/mol. The summed E-state index contributed by atoms with van der Waals surface area (Å²) in [5.41, 5.74) is 4.72. The van der Waals surface area contributed by atoms with Crippen LogP contribution in [0.4, 0.5) is 0 Å². The summed E-state index contributed by atoms with van der Waals surface area (Å²) in [6, 6.07) is 8.46. The van der Waals surface area contributed by atoms with Crippen molar-refractivity contribution in [2.24, 2.45) is 0 Å². The van der Waals surface area contributed by atoms with Gasteiger partial charge < -0.3 is 0 Å². The molecular weight excluding hydrogens is 264 g/mol. The number of hydrogen-bond donors (Lipinski definition) is 0. The number of benzene rings is 1. The third kappa shape index (κ3) is 2.38. The second-order valence-electron chi connectivity index (χ2n) is 4.51. The van der Waals surface area contributed by atoms with Gasteiger partial charge in [-0.15, -0.1) is 0 Å². The molecule has 1 aliphatic rings. The molecule has 0 N–H and O–H groups in total. The second-order valence-corrected chi connectivity index (χ2v) is 5.85. The largest absolute Gasteiger partial charge is 0.236 e. The summed E-state index contributed by atoms with van der Waals surface area (Å²) in [5.74, 6) is 2.72. The molecule has 2 nitrogen and oxygen atoms in total. The van der Waals surface area contributed by atoms with Gasteiger partial charge in [-0.05, 0) is 12.5 Å². The van der Waals surface area contributed by atoms with E-state index in [0.29, 0.717) is 5.15 Å². The maximum atomic E-state index is 6.20. The molecule has 1 aromatic carbocycles. The molecule has 0 saturated carbocycles. The van der Waals surface area contributed by atoms with Crippen molar-refractivity contribution < 1.29 is 0 Å². The summed E-state index contributed by atoms with van der Waals surface area (Å²) in [6.07, 6.45) is 0.748. The zero-order valence-corrected chi connectivity index (χ0v) is 11.7. The Kier molecular flexibility index (Phi) is 3.27. The zero-order valence-electron chi connectivity index (χ0n) is 10.1. The molecule has 0 saturated heterocycles. The molecule has 0 atom stereocenters. The molecule has 1 aliphatic heterocycles. The molecule has 2 heterocycles. The van der Waals surface area contributed by atoms with Gasteiger partial charge in [0.1, 0.15) is 11.0 Å². The van der Waals surface area contributed by atoms with Crippen LogP contribution in [0.2, 0.25) is 5.15 Å². The van der Waals surface area contributed by atoms with Gasteiger partial charge in [-0.1, -0.05) is 41.4 Å². The number of aryl methyl sites for hydroxylation is 1. The Balaban J connectivity index is 1.89. The number of thioether (sulfide) groups is 1. The van der Waals surface area contributed by atoms with E-state index in [4.69, 9.17) is 11.6 Å². The Bertz CT molecular complexity index is 581. The molecule has 0 spiro atoms. The fraction of sp³-hybridized carbons (Fsp3) is 0.286. The summed E-state index contributed by atoms with van der Waals surface area (Å²) < 4.78 is 0. The van der Waals surface area contributed by atoms with Crippen molar-refractivity contribution in [3.63, 3.8) is 0 Å². The summed E-state index contributed by atoms with van der Waals surface area (Å²) in [6.45, 7) is 2.09. The molecule has 0 bridgehead atoms. The predicted octanol–water partition coefficient (Wildman–Crippen LogP) is 3.78. The average molecular weight is 277 g/mol. The van der Waals surface area contributed by atoms with E-state index in [9.17, 15) is 0 Å². The Morgan fingerprint density at radius 1 is 1.17 bits per heavy atom. The molecule has 92 valence electrons. The first-order valence-corrected chi connectivity index (χ1v) is 7.43. The van der Waals surface area contributed by atoms with Crippen molar-refractivity contribution in [1.82, 2.24) is 9.97 Å². The molecule has 0 fully saturated rings. The van der Waals surface area contributed by atoms with Gasteiger partial charge >= 0.3 is 0 Å². The first kappa shape index (κ1) is 12.0. The Morgan fingerprint density at radius 2 is 1.94 bits per heavy atom. The van der Waals surface area contributed by atoms with Gasteiger partial charge in [0.15, 0.2) is 0 Å². The minimum absolute atomic E-state index is 0.632. The molecular formula is C14H13ClN2S. The second kappa shape index (κ2) is 4.90. The molecule has 2 aromatic rings. The van der Waals surface area contributed by atoms with Crippen molar-refractivity contribution in [2.45, 2.75) is 24.9 Å². The van der Waals surface area contributed by atoms with Crippen molar-refractivity contribution in [1.29, 1.82) is 0 Å². The van der Waals surface area contributed by atoms with E-state index in [1.54, 1.807) is 0 Å². The van der Waals surface area contributed by atoms with Crippen LogP contribution in [0.15, 0.2) is 24.3 Å². The van der Waals surface area contributed by atoms with E-state index < -0.39 is 0 Å². The van der Waals surface area contributed by atoms with Crippen LogP contribution < -0.4 is 0 Å². The molecule has 0 aliphatic carbocycles. The number of aromatic nitrogens is 2. The SMILES string of the molecule is Cc1ccc(Cc2nc(Cl)c3c(n2)CSC3)cc1. The first-order valence-electron chi connectivity index (χ1n) is 5.90. The number of halogens is 1. The van der Waals surface area contributed by atoms with E-state index in [2.05, 4.69) is 41.2 Å². The van der Waals surface area contributed by atoms with Crippen LogP contribution in [0.25, 0.3) is 0 Å². The van der Waals surface area contributed by atoms with E-state index in [0.717, 1.165) is 35.0 Å². The van der Waals surface area contributed by atoms with Gasteiger partial charge in [0.25, 0.3) is 0 Å². The average Bonchev–Trinajstić information content (AvgIpc) is 2.81. The minimum atomic E-state index is 0.632. The van der Waals surface area contributed by atoms with Crippen LogP contribution in [0, 0.1) is 6.92 Å². The first-order chi connectivity index (χ1) is 8.72. The van der Waals surface area contributed by atoms with Gasteiger partial charge in [0, 0.05) is 23.5 Å². The topological polar surface area (TPSA) is 25.8 Å². The number of fused-ring (bicyclic) bond motifs is 1. The zero-order chi connectivity index (χ0) is 12.5. The third-order valence-corrected chi connectivity index (χ3v) is 4.34. The van der Waals surface area contributed by atoms with E-state index in [1.165, 1.54) is 11.1 Å². The molecule has 0 unspecified atom stereocenters.